The lowest BCUT2D eigenvalue weighted by molar-refractivity contribution is 0.315. The zero-order chi connectivity index (χ0) is 11.4. The monoisotopic (exact) mass is 283 g/mol. The maximum Gasteiger partial charge on any atom is 0.137 e. The van der Waals surface area contributed by atoms with Gasteiger partial charge in [-0.2, -0.15) is 0 Å². The number of nitrogens with zero attached hydrogens (tertiary/aromatic N) is 1. The van der Waals surface area contributed by atoms with Crippen molar-refractivity contribution >= 4 is 15.9 Å². The second-order valence-electron chi connectivity index (χ2n) is 4.41. The Morgan fingerprint density at radius 3 is 3.00 bits per heavy atom. The molecule has 0 aliphatic heterocycles. The third-order valence-electron chi connectivity index (χ3n) is 3.05. The van der Waals surface area contributed by atoms with Crippen LogP contribution in [0.1, 0.15) is 44.1 Å². The van der Waals surface area contributed by atoms with Gasteiger partial charge >= 0.3 is 0 Å². The molecule has 2 atom stereocenters. The van der Waals surface area contributed by atoms with Crippen LogP contribution in [0, 0.1) is 0 Å². The molecule has 0 N–H and O–H groups in total. The maximum absolute atomic E-state index is 5.61. The number of alkyl halides is 1. The van der Waals surface area contributed by atoms with Crippen molar-refractivity contribution in [3.63, 3.8) is 0 Å². The Labute approximate surface area is 106 Å². The van der Waals surface area contributed by atoms with Crippen molar-refractivity contribution in [1.29, 1.82) is 0 Å². The van der Waals surface area contributed by atoms with Crippen LogP contribution in [0.25, 0.3) is 0 Å². The lowest BCUT2D eigenvalue weighted by atomic mass is 10.00. The molecule has 0 aromatic carbocycles. The molecule has 0 saturated heterocycles. The highest BCUT2D eigenvalue weighted by atomic mass is 79.9. The van der Waals surface area contributed by atoms with E-state index in [4.69, 9.17) is 4.74 Å². The Morgan fingerprint density at radius 1 is 1.44 bits per heavy atom. The molecule has 0 amide bonds. The molecule has 1 heterocycles. The highest BCUT2D eigenvalue weighted by Gasteiger charge is 2.24. The van der Waals surface area contributed by atoms with Crippen molar-refractivity contribution in [2.24, 2.45) is 0 Å². The molecule has 0 radical (unpaired) electrons. The summed E-state index contributed by atoms with van der Waals surface area (Å²) in [6.07, 6.45) is 8.57. The van der Waals surface area contributed by atoms with Crippen molar-refractivity contribution in [1.82, 2.24) is 4.98 Å². The molecule has 2 nitrogen and oxygen atoms in total. The summed E-state index contributed by atoms with van der Waals surface area (Å²) in [4.78, 5) is 4.95. The summed E-state index contributed by atoms with van der Waals surface area (Å²) in [7, 11) is 0. The fraction of sp³-hybridized carbons (Fsp3) is 0.615. The van der Waals surface area contributed by atoms with Crippen molar-refractivity contribution in [3.8, 4) is 5.75 Å². The van der Waals surface area contributed by atoms with Crippen LogP contribution in [-0.2, 0) is 0 Å². The molecule has 1 aliphatic carbocycles. The fourth-order valence-corrected chi connectivity index (χ4v) is 2.90. The molecule has 3 heteroatoms. The van der Waals surface area contributed by atoms with Crippen LogP contribution in [0.15, 0.2) is 18.5 Å². The van der Waals surface area contributed by atoms with Crippen molar-refractivity contribution in [3.05, 3.63) is 24.0 Å². The summed E-state index contributed by atoms with van der Waals surface area (Å²) < 4.78 is 5.61. The summed E-state index contributed by atoms with van der Waals surface area (Å²) >= 11 is 3.68. The van der Waals surface area contributed by atoms with E-state index in [0.717, 1.165) is 18.8 Å². The normalized spacial score (nSPS) is 24.6. The van der Waals surface area contributed by atoms with E-state index in [2.05, 4.69) is 33.9 Å². The second kappa shape index (κ2) is 5.67. The van der Waals surface area contributed by atoms with E-state index in [1.165, 1.54) is 24.8 Å². The average Bonchev–Trinajstić information content (AvgIpc) is 2.74. The van der Waals surface area contributed by atoms with Crippen LogP contribution >= 0.6 is 15.9 Å². The zero-order valence-electron chi connectivity index (χ0n) is 9.66. The Balaban J connectivity index is 2.04. The van der Waals surface area contributed by atoms with Crippen molar-refractivity contribution in [2.75, 3.05) is 6.61 Å². The number of hydrogen-bond donors (Lipinski definition) is 0. The lowest BCUT2D eigenvalue weighted by Gasteiger charge is -2.11. The van der Waals surface area contributed by atoms with Gasteiger partial charge in [0.1, 0.15) is 5.75 Å². The van der Waals surface area contributed by atoms with Gasteiger partial charge in [0.15, 0.2) is 0 Å². The Bertz CT molecular complexity index is 342. The first-order chi connectivity index (χ1) is 7.79. The molecule has 1 saturated carbocycles. The topological polar surface area (TPSA) is 22.1 Å². The van der Waals surface area contributed by atoms with Crippen LogP contribution in [0.3, 0.4) is 0 Å². The van der Waals surface area contributed by atoms with E-state index < -0.39 is 0 Å². The fourth-order valence-electron chi connectivity index (χ4n) is 2.19. The summed E-state index contributed by atoms with van der Waals surface area (Å²) in [5, 5.41) is 0. The van der Waals surface area contributed by atoms with Crippen LogP contribution in [-0.4, -0.2) is 16.4 Å². The summed E-state index contributed by atoms with van der Waals surface area (Å²) in [6.45, 7) is 2.89. The molecule has 16 heavy (non-hydrogen) atoms. The highest BCUT2D eigenvalue weighted by molar-refractivity contribution is 9.09. The number of ether oxygens (including phenoxy) is 1. The Hall–Kier alpha value is -0.570. The molecule has 88 valence electrons. The van der Waals surface area contributed by atoms with Gasteiger partial charge in [-0.15, -0.1) is 0 Å². The quantitative estimate of drug-likeness (QED) is 0.782. The minimum absolute atomic E-state index is 0.655. The van der Waals surface area contributed by atoms with Crippen LogP contribution in [0.4, 0.5) is 0 Å². The highest BCUT2D eigenvalue weighted by Crippen LogP contribution is 2.38. The first kappa shape index (κ1) is 11.9. The first-order valence-electron chi connectivity index (χ1n) is 6.01. The van der Waals surface area contributed by atoms with Gasteiger partial charge < -0.3 is 4.74 Å². The third-order valence-corrected chi connectivity index (χ3v) is 3.88. The largest absolute Gasteiger partial charge is 0.492 e. The van der Waals surface area contributed by atoms with E-state index in [1.54, 1.807) is 6.20 Å². The van der Waals surface area contributed by atoms with Gasteiger partial charge in [0.25, 0.3) is 0 Å². The van der Waals surface area contributed by atoms with Crippen molar-refractivity contribution in [2.45, 2.75) is 43.4 Å². The second-order valence-corrected chi connectivity index (χ2v) is 5.70. The number of halogens is 1. The summed E-state index contributed by atoms with van der Waals surface area (Å²) in [6, 6.07) is 2.15. The summed E-state index contributed by atoms with van der Waals surface area (Å²) in [5.74, 6) is 1.57. The number of pyridine rings is 1. The van der Waals surface area contributed by atoms with Gasteiger partial charge in [-0.05, 0) is 43.2 Å². The number of aromatic nitrogens is 1. The molecule has 1 aliphatic rings. The van der Waals surface area contributed by atoms with Gasteiger partial charge in [0, 0.05) is 11.0 Å². The number of rotatable bonds is 4. The predicted octanol–water partition coefficient (Wildman–Crippen LogP) is 3.90. The smallest absolute Gasteiger partial charge is 0.137 e. The van der Waals surface area contributed by atoms with Crippen LogP contribution in [0.5, 0.6) is 5.75 Å². The van der Waals surface area contributed by atoms with Crippen LogP contribution < -0.4 is 4.74 Å². The lowest BCUT2D eigenvalue weighted by Crippen LogP contribution is -1.99. The van der Waals surface area contributed by atoms with Crippen molar-refractivity contribution < 1.29 is 4.74 Å². The zero-order valence-corrected chi connectivity index (χ0v) is 11.2. The molecule has 0 bridgehead atoms. The Kier molecular flexibility index (Phi) is 4.22. The van der Waals surface area contributed by atoms with E-state index in [1.807, 2.05) is 6.20 Å². The maximum atomic E-state index is 5.61. The van der Waals surface area contributed by atoms with E-state index in [-0.39, 0.29) is 0 Å². The standard InChI is InChI=1S/C13H18BrNO/c1-2-5-16-13-7-11(8-15-9-13)10-3-4-12(14)6-10/h7-10,12H,2-6H2,1H3. The van der Waals surface area contributed by atoms with Gasteiger partial charge in [0.2, 0.25) is 0 Å². The minimum atomic E-state index is 0.655. The molecule has 1 aromatic heterocycles. The van der Waals surface area contributed by atoms with Crippen LogP contribution in [0.2, 0.25) is 0 Å². The first-order valence-corrected chi connectivity index (χ1v) is 6.93. The molecule has 1 fully saturated rings. The molecular formula is C13H18BrNO. The average molecular weight is 284 g/mol. The summed E-state index contributed by atoms with van der Waals surface area (Å²) in [5.41, 5.74) is 1.33. The molecule has 1 aromatic rings. The van der Waals surface area contributed by atoms with Gasteiger partial charge in [-0.3, -0.25) is 4.98 Å². The van der Waals surface area contributed by atoms with Gasteiger partial charge in [-0.25, -0.2) is 0 Å². The molecule has 2 rings (SSSR count). The molecular weight excluding hydrogens is 266 g/mol. The van der Waals surface area contributed by atoms with Gasteiger partial charge in [0.05, 0.1) is 12.8 Å². The SMILES string of the molecule is CCCOc1cncc(C2CCC(Br)C2)c1. The minimum Gasteiger partial charge on any atom is -0.492 e. The number of hydrogen-bond acceptors (Lipinski definition) is 2. The van der Waals surface area contributed by atoms with Gasteiger partial charge in [-0.1, -0.05) is 22.9 Å². The van der Waals surface area contributed by atoms with E-state index in [0.29, 0.717) is 10.7 Å². The predicted molar refractivity (Wildman–Crippen MR) is 69.3 cm³/mol. The van der Waals surface area contributed by atoms with E-state index in [9.17, 15) is 0 Å². The Morgan fingerprint density at radius 2 is 2.31 bits per heavy atom. The van der Waals surface area contributed by atoms with E-state index >= 15 is 0 Å². The molecule has 0 spiro atoms. The third kappa shape index (κ3) is 2.97. The molecule has 2 unspecified atom stereocenters.